The van der Waals surface area contributed by atoms with Crippen molar-refractivity contribution in [3.05, 3.63) is 60.2 Å². The zero-order valence-electron chi connectivity index (χ0n) is 14.4. The number of rotatable bonds is 6. The van der Waals surface area contributed by atoms with Gasteiger partial charge in [0.1, 0.15) is 0 Å². The van der Waals surface area contributed by atoms with Gasteiger partial charge in [0.05, 0.1) is 18.6 Å². The first-order valence-corrected chi connectivity index (χ1v) is 8.02. The molecule has 0 saturated heterocycles. The van der Waals surface area contributed by atoms with Crippen LogP contribution in [0.5, 0.6) is 0 Å². The first-order chi connectivity index (χ1) is 11.9. The van der Waals surface area contributed by atoms with Gasteiger partial charge in [-0.15, -0.1) is 0 Å². The number of hydrogen-bond donors (Lipinski definition) is 4. The molecule has 0 aliphatic carbocycles. The molecular formula is C19H23N3O3. The van der Waals surface area contributed by atoms with Crippen molar-refractivity contribution in [2.24, 2.45) is 0 Å². The Morgan fingerprint density at radius 1 is 0.920 bits per heavy atom. The van der Waals surface area contributed by atoms with Crippen LogP contribution in [-0.2, 0) is 11.2 Å². The monoisotopic (exact) mass is 341 g/mol. The Hall–Kier alpha value is -2.86. The molecule has 2 rings (SSSR count). The fraction of sp³-hybridized carbons (Fsp3) is 0.263. The van der Waals surface area contributed by atoms with E-state index in [0.29, 0.717) is 11.4 Å². The van der Waals surface area contributed by atoms with Crippen LogP contribution in [0, 0.1) is 0 Å². The van der Waals surface area contributed by atoms with Crippen LogP contribution in [-0.4, -0.2) is 29.2 Å². The second kappa shape index (κ2) is 8.30. The number of amides is 3. The average Bonchev–Trinajstić information content (AvgIpc) is 2.57. The Bertz CT molecular complexity index is 712. The summed E-state index contributed by atoms with van der Waals surface area (Å²) in [6.45, 7) is 3.38. The van der Waals surface area contributed by atoms with E-state index >= 15 is 0 Å². The minimum atomic E-state index is -0.645. The summed E-state index contributed by atoms with van der Waals surface area (Å²) in [7, 11) is 0. The highest BCUT2D eigenvalue weighted by molar-refractivity contribution is 5.99. The molecule has 0 atom stereocenters. The van der Waals surface area contributed by atoms with Crippen molar-refractivity contribution in [2.75, 3.05) is 17.2 Å². The molecule has 3 amide bonds. The Morgan fingerprint density at radius 3 is 2.04 bits per heavy atom. The van der Waals surface area contributed by atoms with Gasteiger partial charge in [-0.25, -0.2) is 4.79 Å². The molecule has 6 heteroatoms. The molecule has 0 radical (unpaired) electrons. The Morgan fingerprint density at radius 2 is 1.48 bits per heavy atom. The maximum absolute atomic E-state index is 12.0. The van der Waals surface area contributed by atoms with E-state index in [-0.39, 0.29) is 25.0 Å². The van der Waals surface area contributed by atoms with Crippen LogP contribution in [0.15, 0.2) is 54.6 Å². The van der Waals surface area contributed by atoms with Gasteiger partial charge in [0, 0.05) is 11.4 Å². The average molecular weight is 341 g/mol. The van der Waals surface area contributed by atoms with E-state index in [4.69, 9.17) is 0 Å². The van der Waals surface area contributed by atoms with Crippen molar-refractivity contribution in [3.8, 4) is 0 Å². The lowest BCUT2D eigenvalue weighted by Gasteiger charge is -2.23. The van der Waals surface area contributed by atoms with Crippen molar-refractivity contribution in [1.82, 2.24) is 5.32 Å². The van der Waals surface area contributed by atoms with Crippen molar-refractivity contribution in [1.29, 1.82) is 0 Å². The Kier molecular flexibility index (Phi) is 6.14. The Balaban J connectivity index is 1.87. The molecule has 0 unspecified atom stereocenters. The van der Waals surface area contributed by atoms with E-state index in [2.05, 4.69) is 16.0 Å². The van der Waals surface area contributed by atoms with Crippen molar-refractivity contribution in [3.63, 3.8) is 0 Å². The summed E-state index contributed by atoms with van der Waals surface area (Å²) >= 11 is 0. The normalized spacial score (nSPS) is 10.8. The standard InChI is InChI=1S/C19H23N3O3/c1-19(2,13-23)22-17(24)12-14-8-10-16(11-9-14)21-18(25)20-15-6-4-3-5-7-15/h3-11,23H,12-13H2,1-2H3,(H,22,24)(H2,20,21,25). The third-order valence-corrected chi connectivity index (χ3v) is 3.48. The summed E-state index contributed by atoms with van der Waals surface area (Å²) in [5.41, 5.74) is 1.52. The maximum Gasteiger partial charge on any atom is 0.323 e. The quantitative estimate of drug-likeness (QED) is 0.651. The minimum Gasteiger partial charge on any atom is -0.394 e. The van der Waals surface area contributed by atoms with Gasteiger partial charge in [-0.3, -0.25) is 4.79 Å². The number of carbonyl (C=O) groups excluding carboxylic acids is 2. The largest absolute Gasteiger partial charge is 0.394 e. The summed E-state index contributed by atoms with van der Waals surface area (Å²) in [6, 6.07) is 15.9. The molecule has 0 aromatic heterocycles. The molecule has 6 nitrogen and oxygen atoms in total. The van der Waals surface area contributed by atoms with Gasteiger partial charge in [0.25, 0.3) is 0 Å². The zero-order valence-corrected chi connectivity index (χ0v) is 14.4. The fourth-order valence-electron chi connectivity index (χ4n) is 2.17. The van der Waals surface area contributed by atoms with Gasteiger partial charge < -0.3 is 21.1 Å². The Labute approximate surface area is 147 Å². The highest BCUT2D eigenvalue weighted by Gasteiger charge is 2.18. The fourth-order valence-corrected chi connectivity index (χ4v) is 2.17. The number of aliphatic hydroxyl groups excluding tert-OH is 1. The first-order valence-electron chi connectivity index (χ1n) is 8.02. The molecule has 25 heavy (non-hydrogen) atoms. The van der Waals surface area contributed by atoms with Crippen LogP contribution in [0.3, 0.4) is 0 Å². The van der Waals surface area contributed by atoms with Crippen LogP contribution in [0.1, 0.15) is 19.4 Å². The second-order valence-electron chi connectivity index (χ2n) is 6.41. The lowest BCUT2D eigenvalue weighted by molar-refractivity contribution is -0.122. The molecule has 0 fully saturated rings. The maximum atomic E-state index is 12.0. The number of para-hydroxylation sites is 1. The number of nitrogens with one attached hydrogen (secondary N) is 3. The van der Waals surface area contributed by atoms with Crippen molar-refractivity contribution < 1.29 is 14.7 Å². The van der Waals surface area contributed by atoms with Gasteiger partial charge >= 0.3 is 6.03 Å². The van der Waals surface area contributed by atoms with Gasteiger partial charge in [0.15, 0.2) is 0 Å². The number of hydrogen-bond acceptors (Lipinski definition) is 3. The van der Waals surface area contributed by atoms with Crippen LogP contribution >= 0.6 is 0 Å². The molecule has 2 aromatic rings. The number of anilines is 2. The molecule has 4 N–H and O–H groups in total. The highest BCUT2D eigenvalue weighted by Crippen LogP contribution is 2.12. The number of benzene rings is 2. The van der Waals surface area contributed by atoms with Crippen molar-refractivity contribution >= 4 is 23.3 Å². The number of aliphatic hydroxyl groups is 1. The molecule has 0 spiro atoms. The van der Waals surface area contributed by atoms with E-state index in [1.54, 1.807) is 50.2 Å². The topological polar surface area (TPSA) is 90.5 Å². The van der Waals surface area contributed by atoms with Crippen molar-refractivity contribution in [2.45, 2.75) is 25.8 Å². The molecule has 0 aliphatic rings. The van der Waals surface area contributed by atoms with Gasteiger partial charge in [-0.1, -0.05) is 30.3 Å². The van der Waals surface area contributed by atoms with E-state index in [1.165, 1.54) is 0 Å². The predicted octanol–water partition coefficient (Wildman–Crippen LogP) is 2.76. The van der Waals surface area contributed by atoms with Crippen LogP contribution in [0.25, 0.3) is 0 Å². The molecule has 0 aliphatic heterocycles. The lowest BCUT2D eigenvalue weighted by Crippen LogP contribution is -2.46. The van der Waals surface area contributed by atoms with Crippen LogP contribution in [0.4, 0.5) is 16.2 Å². The molecule has 2 aromatic carbocycles. The van der Waals surface area contributed by atoms with Gasteiger partial charge in [0.2, 0.25) is 5.91 Å². The first kappa shape index (κ1) is 18.5. The summed E-state index contributed by atoms with van der Waals surface area (Å²) < 4.78 is 0. The number of urea groups is 1. The molecule has 0 saturated carbocycles. The van der Waals surface area contributed by atoms with Crippen LogP contribution < -0.4 is 16.0 Å². The van der Waals surface area contributed by atoms with Gasteiger partial charge in [-0.05, 0) is 43.7 Å². The van der Waals surface area contributed by atoms with Crippen LogP contribution in [0.2, 0.25) is 0 Å². The smallest absolute Gasteiger partial charge is 0.323 e. The second-order valence-corrected chi connectivity index (χ2v) is 6.41. The van der Waals surface area contributed by atoms with E-state index in [0.717, 1.165) is 5.56 Å². The zero-order chi connectivity index (χ0) is 18.3. The third-order valence-electron chi connectivity index (χ3n) is 3.48. The van der Waals surface area contributed by atoms with E-state index in [9.17, 15) is 14.7 Å². The highest BCUT2D eigenvalue weighted by atomic mass is 16.3. The molecule has 132 valence electrons. The van der Waals surface area contributed by atoms with E-state index < -0.39 is 5.54 Å². The summed E-state index contributed by atoms with van der Waals surface area (Å²) in [4.78, 5) is 23.9. The predicted molar refractivity (Wildman–Crippen MR) is 98.5 cm³/mol. The SMILES string of the molecule is CC(C)(CO)NC(=O)Cc1ccc(NC(=O)Nc2ccccc2)cc1. The molecular weight excluding hydrogens is 318 g/mol. The number of carbonyl (C=O) groups is 2. The van der Waals surface area contributed by atoms with Gasteiger partial charge in [-0.2, -0.15) is 0 Å². The summed E-state index contributed by atoms with van der Waals surface area (Å²) in [5.74, 6) is -0.165. The summed E-state index contributed by atoms with van der Waals surface area (Å²) in [5, 5.41) is 17.4. The van der Waals surface area contributed by atoms with E-state index in [1.807, 2.05) is 18.2 Å². The molecule has 0 heterocycles. The lowest BCUT2D eigenvalue weighted by atomic mass is 10.1. The minimum absolute atomic E-state index is 0.127. The third kappa shape index (κ3) is 6.27. The summed E-state index contributed by atoms with van der Waals surface area (Å²) in [6.07, 6.45) is 0.208. The molecule has 0 bridgehead atoms.